The number of carbonyl (C=O) groups is 1. The first kappa shape index (κ1) is 12.6. The lowest BCUT2D eigenvalue weighted by molar-refractivity contribution is -0.119. The van der Waals surface area contributed by atoms with Gasteiger partial charge in [0.25, 0.3) is 0 Å². The molecular formula is C13H19NO2. The standard InChI is InChI=1S/C13H19NO2/c1-4-5-9(2)13(16)14-11-6-7-12(15)10(3)8-11/h6-9,15H,4-5H2,1-3H3,(H,14,16). The molecule has 16 heavy (non-hydrogen) atoms. The van der Waals surface area contributed by atoms with Crippen molar-refractivity contribution in [1.82, 2.24) is 0 Å². The summed E-state index contributed by atoms with van der Waals surface area (Å²) in [5.74, 6) is 0.311. The van der Waals surface area contributed by atoms with E-state index in [1.54, 1.807) is 25.1 Å². The van der Waals surface area contributed by atoms with Crippen LogP contribution < -0.4 is 5.32 Å². The molecule has 0 saturated heterocycles. The number of aromatic hydroxyl groups is 1. The molecular weight excluding hydrogens is 202 g/mol. The Morgan fingerprint density at radius 1 is 1.50 bits per heavy atom. The third-order valence-corrected chi connectivity index (χ3v) is 2.63. The van der Waals surface area contributed by atoms with Gasteiger partial charge in [-0.3, -0.25) is 4.79 Å². The molecule has 1 unspecified atom stereocenters. The summed E-state index contributed by atoms with van der Waals surface area (Å²) in [6.07, 6.45) is 1.89. The van der Waals surface area contributed by atoms with Crippen molar-refractivity contribution in [3.05, 3.63) is 23.8 Å². The number of nitrogens with one attached hydrogen (secondary N) is 1. The normalized spacial score (nSPS) is 12.2. The Hall–Kier alpha value is -1.51. The number of carbonyl (C=O) groups excluding carboxylic acids is 1. The van der Waals surface area contributed by atoms with E-state index in [4.69, 9.17) is 0 Å². The van der Waals surface area contributed by atoms with Gasteiger partial charge in [0.05, 0.1) is 0 Å². The summed E-state index contributed by atoms with van der Waals surface area (Å²) < 4.78 is 0. The van der Waals surface area contributed by atoms with Crippen molar-refractivity contribution in [1.29, 1.82) is 0 Å². The summed E-state index contributed by atoms with van der Waals surface area (Å²) in [5, 5.41) is 12.2. The maximum absolute atomic E-state index is 11.7. The molecule has 0 fully saturated rings. The van der Waals surface area contributed by atoms with Crippen LogP contribution in [0.25, 0.3) is 0 Å². The van der Waals surface area contributed by atoms with Crippen LogP contribution in [0.5, 0.6) is 5.75 Å². The van der Waals surface area contributed by atoms with E-state index in [9.17, 15) is 9.90 Å². The molecule has 1 atom stereocenters. The molecule has 1 aromatic carbocycles. The first-order valence-electron chi connectivity index (χ1n) is 5.65. The van der Waals surface area contributed by atoms with Crippen LogP contribution in [0, 0.1) is 12.8 Å². The summed E-state index contributed by atoms with van der Waals surface area (Å²) in [4.78, 5) is 11.7. The molecule has 1 amide bonds. The van der Waals surface area contributed by atoms with Gasteiger partial charge >= 0.3 is 0 Å². The minimum Gasteiger partial charge on any atom is -0.508 e. The second kappa shape index (κ2) is 5.54. The fraction of sp³-hybridized carbons (Fsp3) is 0.462. The molecule has 1 rings (SSSR count). The lowest BCUT2D eigenvalue weighted by Gasteiger charge is -2.11. The molecule has 0 aliphatic carbocycles. The minimum atomic E-state index is 0.0270. The largest absolute Gasteiger partial charge is 0.508 e. The first-order chi connectivity index (χ1) is 7.54. The molecule has 1 aromatic rings. The highest BCUT2D eigenvalue weighted by Crippen LogP contribution is 2.20. The fourth-order valence-corrected chi connectivity index (χ4v) is 1.56. The Labute approximate surface area is 96.5 Å². The molecule has 2 N–H and O–H groups in total. The van der Waals surface area contributed by atoms with E-state index >= 15 is 0 Å². The maximum atomic E-state index is 11.7. The lowest BCUT2D eigenvalue weighted by Crippen LogP contribution is -2.20. The molecule has 0 aromatic heterocycles. The van der Waals surface area contributed by atoms with Crippen molar-refractivity contribution in [2.45, 2.75) is 33.6 Å². The third kappa shape index (κ3) is 3.26. The van der Waals surface area contributed by atoms with E-state index in [2.05, 4.69) is 12.2 Å². The van der Waals surface area contributed by atoms with Gasteiger partial charge in [0.15, 0.2) is 0 Å². The molecule has 3 nitrogen and oxygen atoms in total. The summed E-state index contributed by atoms with van der Waals surface area (Å²) >= 11 is 0. The summed E-state index contributed by atoms with van der Waals surface area (Å²) in [7, 11) is 0. The quantitative estimate of drug-likeness (QED) is 0.768. The minimum absolute atomic E-state index is 0.0270. The van der Waals surface area contributed by atoms with Gasteiger partial charge in [0, 0.05) is 11.6 Å². The van der Waals surface area contributed by atoms with Gasteiger partial charge in [-0.05, 0) is 37.1 Å². The van der Waals surface area contributed by atoms with Crippen LogP contribution in [0.2, 0.25) is 0 Å². The predicted molar refractivity (Wildman–Crippen MR) is 65.5 cm³/mol. The summed E-state index contributed by atoms with van der Waals surface area (Å²) in [5.41, 5.74) is 1.50. The average molecular weight is 221 g/mol. The molecule has 3 heteroatoms. The Morgan fingerprint density at radius 3 is 2.75 bits per heavy atom. The number of aryl methyl sites for hydroxylation is 1. The van der Waals surface area contributed by atoms with Crippen molar-refractivity contribution in [2.75, 3.05) is 5.32 Å². The highest BCUT2D eigenvalue weighted by molar-refractivity contribution is 5.92. The Kier molecular flexibility index (Phi) is 4.35. The number of phenolic OH excluding ortho intramolecular Hbond substituents is 1. The molecule has 0 aliphatic rings. The predicted octanol–water partition coefficient (Wildman–Crippen LogP) is 3.08. The van der Waals surface area contributed by atoms with E-state index in [1.165, 1.54) is 0 Å². The van der Waals surface area contributed by atoms with Crippen LogP contribution in [0.4, 0.5) is 5.69 Å². The smallest absolute Gasteiger partial charge is 0.227 e. The van der Waals surface area contributed by atoms with E-state index < -0.39 is 0 Å². The maximum Gasteiger partial charge on any atom is 0.227 e. The van der Waals surface area contributed by atoms with Crippen molar-refractivity contribution in [3.8, 4) is 5.75 Å². The van der Waals surface area contributed by atoms with Gasteiger partial charge in [-0.1, -0.05) is 20.3 Å². The molecule has 0 saturated carbocycles. The Bertz CT molecular complexity index is 374. The number of amides is 1. The van der Waals surface area contributed by atoms with Crippen LogP contribution in [0.15, 0.2) is 18.2 Å². The van der Waals surface area contributed by atoms with Gasteiger partial charge in [0.2, 0.25) is 5.91 Å². The third-order valence-electron chi connectivity index (χ3n) is 2.63. The number of phenols is 1. The summed E-state index contributed by atoms with van der Waals surface area (Å²) in [6.45, 7) is 5.79. The van der Waals surface area contributed by atoms with E-state index in [0.717, 1.165) is 24.1 Å². The Morgan fingerprint density at radius 2 is 2.19 bits per heavy atom. The monoisotopic (exact) mass is 221 g/mol. The molecule has 0 heterocycles. The fourth-order valence-electron chi connectivity index (χ4n) is 1.56. The van der Waals surface area contributed by atoms with E-state index in [1.807, 2.05) is 6.92 Å². The second-order valence-corrected chi connectivity index (χ2v) is 4.18. The molecule has 0 radical (unpaired) electrons. The number of anilines is 1. The number of benzene rings is 1. The van der Waals surface area contributed by atoms with Gasteiger partial charge in [-0.25, -0.2) is 0 Å². The zero-order chi connectivity index (χ0) is 12.1. The van der Waals surface area contributed by atoms with Crippen molar-refractivity contribution >= 4 is 11.6 Å². The van der Waals surface area contributed by atoms with Gasteiger partial charge in [0.1, 0.15) is 5.75 Å². The van der Waals surface area contributed by atoms with Crippen molar-refractivity contribution in [2.24, 2.45) is 5.92 Å². The average Bonchev–Trinajstić information content (AvgIpc) is 2.24. The van der Waals surface area contributed by atoms with Gasteiger partial charge in [-0.2, -0.15) is 0 Å². The Balaban J connectivity index is 2.66. The van der Waals surface area contributed by atoms with Gasteiger partial charge in [-0.15, -0.1) is 0 Å². The van der Waals surface area contributed by atoms with Gasteiger partial charge < -0.3 is 10.4 Å². The van der Waals surface area contributed by atoms with Crippen LogP contribution in [-0.4, -0.2) is 11.0 Å². The van der Waals surface area contributed by atoms with Crippen LogP contribution in [0.1, 0.15) is 32.3 Å². The van der Waals surface area contributed by atoms with Crippen LogP contribution in [-0.2, 0) is 4.79 Å². The van der Waals surface area contributed by atoms with Crippen LogP contribution in [0.3, 0.4) is 0 Å². The second-order valence-electron chi connectivity index (χ2n) is 4.18. The van der Waals surface area contributed by atoms with E-state index in [-0.39, 0.29) is 17.6 Å². The molecule has 0 bridgehead atoms. The number of rotatable bonds is 4. The number of hydrogen-bond donors (Lipinski definition) is 2. The zero-order valence-electron chi connectivity index (χ0n) is 10.1. The van der Waals surface area contributed by atoms with Crippen molar-refractivity contribution < 1.29 is 9.90 Å². The highest BCUT2D eigenvalue weighted by atomic mass is 16.3. The highest BCUT2D eigenvalue weighted by Gasteiger charge is 2.11. The SMILES string of the molecule is CCCC(C)C(=O)Nc1ccc(O)c(C)c1. The summed E-state index contributed by atoms with van der Waals surface area (Å²) in [6, 6.07) is 5.07. The van der Waals surface area contributed by atoms with Crippen LogP contribution >= 0.6 is 0 Å². The first-order valence-corrected chi connectivity index (χ1v) is 5.65. The molecule has 0 spiro atoms. The molecule has 88 valence electrons. The topological polar surface area (TPSA) is 49.3 Å². The zero-order valence-corrected chi connectivity index (χ0v) is 10.1. The molecule has 0 aliphatic heterocycles. The van der Waals surface area contributed by atoms with E-state index in [0.29, 0.717) is 0 Å². The van der Waals surface area contributed by atoms with Crippen molar-refractivity contribution in [3.63, 3.8) is 0 Å². The number of hydrogen-bond acceptors (Lipinski definition) is 2. The lowest BCUT2D eigenvalue weighted by atomic mass is 10.1.